The van der Waals surface area contributed by atoms with Gasteiger partial charge in [0.15, 0.2) is 0 Å². The molecule has 6 nitrogen and oxygen atoms in total. The Morgan fingerprint density at radius 1 is 0.491 bits per heavy atom. The summed E-state index contributed by atoms with van der Waals surface area (Å²) in [4.78, 5) is 42.1. The van der Waals surface area contributed by atoms with Crippen LogP contribution >= 0.6 is 0 Å². The highest BCUT2D eigenvalue weighted by molar-refractivity contribution is 6.28. The molecule has 2 aromatic heterocycles. The highest BCUT2D eigenvalue weighted by atomic mass is 16.6. The average Bonchev–Trinajstić information content (AvgIpc) is 3.16. The fourth-order valence-corrected chi connectivity index (χ4v) is 7.71. The fourth-order valence-electron chi connectivity index (χ4n) is 7.71. The molecule has 53 heavy (non-hydrogen) atoms. The van der Waals surface area contributed by atoms with Crippen molar-refractivity contribution < 1.29 is 9.53 Å². The SMILES string of the molecule is CC(C)(C)OC(=O)n1c(=O)c2ccc3ccccc3c2c2c3ccccc3ccc21.O=c1[nH]c2ccc3ccccc3c2c2c1ccc1ccccc12. The molecule has 0 unspecified atom stereocenters. The second-order valence-electron chi connectivity index (χ2n) is 14.4. The van der Waals surface area contributed by atoms with Gasteiger partial charge in [0.05, 0.1) is 5.52 Å². The largest absolute Gasteiger partial charge is 0.443 e. The van der Waals surface area contributed by atoms with Gasteiger partial charge in [0.25, 0.3) is 11.1 Å². The zero-order valence-electron chi connectivity index (χ0n) is 29.4. The number of nitrogens with zero attached hydrogens (tertiary/aromatic N) is 1. The summed E-state index contributed by atoms with van der Waals surface area (Å²) in [7, 11) is 0. The first-order valence-corrected chi connectivity index (χ1v) is 17.6. The van der Waals surface area contributed by atoms with Gasteiger partial charge < -0.3 is 9.72 Å². The van der Waals surface area contributed by atoms with E-state index in [-0.39, 0.29) is 11.1 Å². The number of rotatable bonds is 0. The summed E-state index contributed by atoms with van der Waals surface area (Å²) in [5.41, 5.74) is 0.327. The molecule has 0 aliphatic heterocycles. The Labute approximate surface area is 303 Å². The summed E-state index contributed by atoms with van der Waals surface area (Å²) in [5, 5.41) is 13.9. The summed E-state index contributed by atoms with van der Waals surface area (Å²) in [6.07, 6.45) is -0.664. The van der Waals surface area contributed by atoms with Crippen molar-refractivity contribution in [2.24, 2.45) is 0 Å². The van der Waals surface area contributed by atoms with Crippen LogP contribution in [0.25, 0.3) is 86.4 Å². The van der Waals surface area contributed by atoms with Crippen LogP contribution in [-0.2, 0) is 4.74 Å². The lowest BCUT2D eigenvalue weighted by Gasteiger charge is -2.21. The Hall–Kier alpha value is -6.79. The number of ether oxygens (including phenoxy) is 1. The van der Waals surface area contributed by atoms with Gasteiger partial charge in [-0.05, 0) is 88.1 Å². The Morgan fingerprint density at radius 2 is 0.925 bits per heavy atom. The Balaban J connectivity index is 0.000000145. The van der Waals surface area contributed by atoms with Crippen molar-refractivity contribution in [1.82, 2.24) is 9.55 Å². The minimum absolute atomic E-state index is 0.0338. The molecule has 0 spiro atoms. The quantitative estimate of drug-likeness (QED) is 0.161. The molecule has 0 amide bonds. The molecule has 0 atom stereocenters. The maximum Gasteiger partial charge on any atom is 0.422 e. The molecule has 0 aliphatic carbocycles. The molecule has 1 N–H and O–H groups in total. The van der Waals surface area contributed by atoms with Gasteiger partial charge in [0.2, 0.25) is 0 Å². The van der Waals surface area contributed by atoms with Gasteiger partial charge in [0, 0.05) is 37.8 Å². The molecule has 10 aromatic rings. The summed E-state index contributed by atoms with van der Waals surface area (Å²) in [6.45, 7) is 5.38. The molecule has 0 aliphatic rings. The lowest BCUT2D eigenvalue weighted by molar-refractivity contribution is 0.0539. The Kier molecular flexibility index (Phi) is 7.38. The van der Waals surface area contributed by atoms with Gasteiger partial charge in [-0.1, -0.05) is 121 Å². The lowest BCUT2D eigenvalue weighted by atomic mass is 9.95. The Morgan fingerprint density at radius 3 is 1.47 bits per heavy atom. The number of nitrogens with one attached hydrogen (secondary N) is 1. The van der Waals surface area contributed by atoms with Crippen LogP contribution in [-0.4, -0.2) is 21.2 Å². The van der Waals surface area contributed by atoms with Gasteiger partial charge in [-0.15, -0.1) is 0 Å². The minimum Gasteiger partial charge on any atom is -0.443 e. The highest BCUT2D eigenvalue weighted by Gasteiger charge is 2.24. The van der Waals surface area contributed by atoms with Gasteiger partial charge in [-0.2, -0.15) is 0 Å². The van der Waals surface area contributed by atoms with Crippen LogP contribution in [0.4, 0.5) is 4.79 Å². The third-order valence-electron chi connectivity index (χ3n) is 9.94. The smallest absolute Gasteiger partial charge is 0.422 e. The van der Waals surface area contributed by atoms with Crippen molar-refractivity contribution in [2.45, 2.75) is 26.4 Å². The van der Waals surface area contributed by atoms with E-state index in [0.29, 0.717) is 10.9 Å². The van der Waals surface area contributed by atoms with Gasteiger partial charge >= 0.3 is 6.09 Å². The molecule has 0 fully saturated rings. The van der Waals surface area contributed by atoms with E-state index in [0.717, 1.165) is 64.8 Å². The van der Waals surface area contributed by atoms with E-state index >= 15 is 0 Å². The molecule has 0 saturated carbocycles. The number of pyridine rings is 2. The van der Waals surface area contributed by atoms with Crippen molar-refractivity contribution >= 4 is 92.5 Å². The molecule has 8 aromatic carbocycles. The Bertz CT molecular complexity index is 3260. The molecule has 2 heterocycles. The summed E-state index contributed by atoms with van der Waals surface area (Å²) in [5.74, 6) is 0. The molecule has 256 valence electrons. The molecule has 0 bridgehead atoms. The number of fused-ring (bicyclic) bond motifs is 14. The van der Waals surface area contributed by atoms with Gasteiger partial charge in [-0.3, -0.25) is 9.59 Å². The van der Waals surface area contributed by atoms with Crippen molar-refractivity contribution in [3.63, 3.8) is 0 Å². The van der Waals surface area contributed by atoms with Crippen LogP contribution in [0, 0.1) is 0 Å². The number of aromatic amines is 1. The molecular formula is C47H34N2O4. The minimum atomic E-state index is -0.710. The van der Waals surface area contributed by atoms with E-state index in [1.165, 1.54) is 15.3 Å². The first-order chi connectivity index (χ1) is 25.7. The van der Waals surface area contributed by atoms with Crippen LogP contribution in [0.3, 0.4) is 0 Å². The standard InChI is InChI=1S/C26H21NO3.C21H13NO/c1-26(2,3)30-25(29)27-21-15-13-17-9-5-7-11-19(17)23(21)22-18-10-6-4-8-16(18)12-14-20(22)24(27)28;23-21-17-11-9-13-5-1-3-7-15(13)19(17)20-16-8-4-2-6-14(16)10-12-18(20)22-21/h4-15H,1-3H3;1-12H,(H,22,23). The van der Waals surface area contributed by atoms with E-state index in [4.69, 9.17) is 4.74 Å². The van der Waals surface area contributed by atoms with Crippen molar-refractivity contribution in [1.29, 1.82) is 0 Å². The zero-order valence-corrected chi connectivity index (χ0v) is 29.4. The van der Waals surface area contributed by atoms with E-state index < -0.39 is 11.7 Å². The number of benzene rings is 8. The van der Waals surface area contributed by atoms with Crippen molar-refractivity contribution in [3.05, 3.63) is 166 Å². The molecular weight excluding hydrogens is 657 g/mol. The van der Waals surface area contributed by atoms with E-state index in [1.54, 1.807) is 20.8 Å². The van der Waals surface area contributed by atoms with E-state index in [9.17, 15) is 14.4 Å². The topological polar surface area (TPSA) is 81.2 Å². The predicted octanol–water partition coefficient (Wildman–Crippen LogP) is 11.2. The maximum absolute atomic E-state index is 13.5. The first-order valence-electron chi connectivity index (χ1n) is 17.6. The number of hydrogen-bond acceptors (Lipinski definition) is 4. The monoisotopic (exact) mass is 690 g/mol. The van der Waals surface area contributed by atoms with E-state index in [2.05, 4.69) is 35.3 Å². The lowest BCUT2D eigenvalue weighted by Crippen LogP contribution is -2.34. The number of carbonyl (C=O) groups is 1. The molecule has 0 saturated heterocycles. The van der Waals surface area contributed by atoms with Crippen LogP contribution in [0.5, 0.6) is 0 Å². The highest BCUT2D eigenvalue weighted by Crippen LogP contribution is 2.36. The number of H-pyrrole nitrogens is 1. The van der Waals surface area contributed by atoms with Gasteiger partial charge in [-0.25, -0.2) is 9.36 Å². The average molecular weight is 691 g/mol. The predicted molar refractivity (Wildman–Crippen MR) is 219 cm³/mol. The second kappa shape index (κ2) is 12.2. The second-order valence-corrected chi connectivity index (χ2v) is 14.4. The number of aromatic nitrogens is 2. The molecule has 10 rings (SSSR count). The zero-order chi connectivity index (χ0) is 36.4. The molecule has 0 radical (unpaired) electrons. The van der Waals surface area contributed by atoms with Crippen LogP contribution in [0.15, 0.2) is 155 Å². The summed E-state index contributed by atoms with van der Waals surface area (Å²) >= 11 is 0. The number of carbonyl (C=O) groups excluding carboxylic acids is 1. The van der Waals surface area contributed by atoms with Crippen molar-refractivity contribution in [2.75, 3.05) is 0 Å². The normalized spacial score (nSPS) is 11.9. The van der Waals surface area contributed by atoms with Crippen molar-refractivity contribution in [3.8, 4) is 0 Å². The van der Waals surface area contributed by atoms with Gasteiger partial charge in [0.1, 0.15) is 5.60 Å². The number of hydrogen-bond donors (Lipinski definition) is 1. The third kappa shape index (κ3) is 5.30. The van der Waals surface area contributed by atoms with E-state index in [1.807, 2.05) is 115 Å². The summed E-state index contributed by atoms with van der Waals surface area (Å²) < 4.78 is 6.76. The first kappa shape index (κ1) is 32.1. The maximum atomic E-state index is 13.5. The molecule has 6 heteroatoms. The van der Waals surface area contributed by atoms with Crippen LogP contribution < -0.4 is 11.1 Å². The van der Waals surface area contributed by atoms with Crippen LogP contribution in [0.1, 0.15) is 20.8 Å². The fraction of sp³-hybridized carbons (Fsp3) is 0.0851. The summed E-state index contributed by atoms with van der Waals surface area (Å²) in [6, 6.07) is 48.1. The van der Waals surface area contributed by atoms with Crippen LogP contribution in [0.2, 0.25) is 0 Å². The third-order valence-corrected chi connectivity index (χ3v) is 9.94.